The van der Waals surface area contributed by atoms with Gasteiger partial charge in [-0.25, -0.2) is 9.37 Å². The van der Waals surface area contributed by atoms with Gasteiger partial charge in [-0.15, -0.1) is 0 Å². The number of carbonyl (C=O) groups excluding carboxylic acids is 1. The fourth-order valence-corrected chi connectivity index (χ4v) is 3.56. The lowest BCUT2D eigenvalue weighted by molar-refractivity contribution is -0.126. The van der Waals surface area contributed by atoms with Crippen LogP contribution in [-0.4, -0.2) is 48.6 Å². The van der Waals surface area contributed by atoms with Crippen LogP contribution in [0.4, 0.5) is 4.39 Å². The fraction of sp³-hybridized carbons (Fsp3) is 0.545. The SMILES string of the molecule is CCOCCCNC(=O)C1CCN(Cc2nc(-c3ccccc3F)oc2C)CC1. The van der Waals surface area contributed by atoms with E-state index in [2.05, 4.69) is 15.2 Å². The molecule has 1 fully saturated rings. The average Bonchev–Trinajstić information content (AvgIpc) is 3.08. The lowest BCUT2D eigenvalue weighted by Gasteiger charge is -2.30. The molecule has 158 valence electrons. The van der Waals surface area contributed by atoms with Crippen LogP contribution in [0, 0.1) is 18.7 Å². The molecule has 0 unspecified atom stereocenters. The molecule has 29 heavy (non-hydrogen) atoms. The molecule has 2 aromatic rings. The lowest BCUT2D eigenvalue weighted by Crippen LogP contribution is -2.40. The number of carbonyl (C=O) groups is 1. The molecule has 1 N–H and O–H groups in total. The highest BCUT2D eigenvalue weighted by Crippen LogP contribution is 2.26. The van der Waals surface area contributed by atoms with E-state index in [4.69, 9.17) is 9.15 Å². The van der Waals surface area contributed by atoms with E-state index in [0.717, 1.165) is 38.0 Å². The minimum absolute atomic E-state index is 0.0609. The molecule has 0 bridgehead atoms. The number of nitrogens with zero attached hydrogens (tertiary/aromatic N) is 2. The van der Waals surface area contributed by atoms with Crippen molar-refractivity contribution in [1.29, 1.82) is 0 Å². The van der Waals surface area contributed by atoms with Crippen LogP contribution in [-0.2, 0) is 16.1 Å². The number of hydrogen-bond acceptors (Lipinski definition) is 5. The summed E-state index contributed by atoms with van der Waals surface area (Å²) < 4.78 is 25.0. The molecular formula is C22H30FN3O3. The summed E-state index contributed by atoms with van der Waals surface area (Å²) in [5.41, 5.74) is 1.20. The first-order valence-electron chi connectivity index (χ1n) is 10.4. The topological polar surface area (TPSA) is 67.6 Å². The van der Waals surface area contributed by atoms with Crippen molar-refractivity contribution in [2.75, 3.05) is 32.8 Å². The Kier molecular flexibility index (Phi) is 7.77. The third-order valence-electron chi connectivity index (χ3n) is 5.30. The zero-order valence-electron chi connectivity index (χ0n) is 17.2. The standard InChI is InChI=1S/C22H30FN3O3/c1-3-28-14-6-11-24-21(27)17-9-12-26(13-10-17)15-20-16(2)29-22(25-20)18-7-4-5-8-19(18)23/h4-5,7-8,17H,3,6,9-15H2,1-2H3,(H,24,27). The van der Waals surface area contributed by atoms with Crippen LogP contribution in [0.5, 0.6) is 0 Å². The third-order valence-corrected chi connectivity index (χ3v) is 5.30. The van der Waals surface area contributed by atoms with Gasteiger partial charge >= 0.3 is 0 Å². The van der Waals surface area contributed by atoms with Crippen molar-refractivity contribution >= 4 is 5.91 Å². The van der Waals surface area contributed by atoms with Gasteiger partial charge in [0.1, 0.15) is 11.6 Å². The predicted molar refractivity (Wildman–Crippen MR) is 109 cm³/mol. The van der Waals surface area contributed by atoms with Gasteiger partial charge in [0.15, 0.2) is 0 Å². The first-order chi connectivity index (χ1) is 14.1. The van der Waals surface area contributed by atoms with Gasteiger partial charge in [0.2, 0.25) is 11.8 Å². The molecule has 0 radical (unpaired) electrons. The molecule has 1 aliphatic rings. The van der Waals surface area contributed by atoms with Crippen LogP contribution in [0.25, 0.3) is 11.5 Å². The smallest absolute Gasteiger partial charge is 0.229 e. The van der Waals surface area contributed by atoms with Gasteiger partial charge in [-0.05, 0) is 58.3 Å². The molecular weight excluding hydrogens is 373 g/mol. The van der Waals surface area contributed by atoms with Crippen molar-refractivity contribution in [2.45, 2.75) is 39.7 Å². The van der Waals surface area contributed by atoms with Gasteiger partial charge in [0.25, 0.3) is 0 Å². The molecule has 3 rings (SSSR count). The zero-order valence-corrected chi connectivity index (χ0v) is 17.2. The van der Waals surface area contributed by atoms with Crippen LogP contribution in [0.1, 0.15) is 37.6 Å². The number of ether oxygens (including phenoxy) is 1. The van der Waals surface area contributed by atoms with E-state index in [-0.39, 0.29) is 17.6 Å². The summed E-state index contributed by atoms with van der Waals surface area (Å²) in [6.07, 6.45) is 2.50. The van der Waals surface area contributed by atoms with Gasteiger partial charge < -0.3 is 14.5 Å². The van der Waals surface area contributed by atoms with Crippen LogP contribution in [0.15, 0.2) is 28.7 Å². The minimum Gasteiger partial charge on any atom is -0.441 e. The Bertz CT molecular complexity index is 800. The Balaban J connectivity index is 1.47. The number of likely N-dealkylation sites (tertiary alicyclic amines) is 1. The zero-order chi connectivity index (χ0) is 20.6. The Labute approximate surface area is 171 Å². The number of nitrogens with one attached hydrogen (secondary N) is 1. The second-order valence-electron chi connectivity index (χ2n) is 7.39. The monoisotopic (exact) mass is 403 g/mol. The number of amides is 1. The largest absolute Gasteiger partial charge is 0.441 e. The molecule has 1 saturated heterocycles. The minimum atomic E-state index is -0.339. The Hall–Kier alpha value is -2.25. The summed E-state index contributed by atoms with van der Waals surface area (Å²) in [6, 6.07) is 6.49. The number of aromatic nitrogens is 1. The summed E-state index contributed by atoms with van der Waals surface area (Å²) in [4.78, 5) is 19.1. The van der Waals surface area contributed by atoms with E-state index in [9.17, 15) is 9.18 Å². The summed E-state index contributed by atoms with van der Waals surface area (Å²) in [5.74, 6) is 0.883. The molecule has 0 saturated carbocycles. The number of halogens is 1. The molecule has 0 spiro atoms. The van der Waals surface area contributed by atoms with Crippen molar-refractivity contribution in [3.05, 3.63) is 41.5 Å². The number of oxazole rings is 1. The third kappa shape index (κ3) is 5.87. The van der Waals surface area contributed by atoms with E-state index in [1.807, 2.05) is 13.8 Å². The highest BCUT2D eigenvalue weighted by atomic mass is 19.1. The summed E-state index contributed by atoms with van der Waals surface area (Å²) >= 11 is 0. The van der Waals surface area contributed by atoms with Crippen molar-refractivity contribution in [1.82, 2.24) is 15.2 Å². The van der Waals surface area contributed by atoms with Crippen molar-refractivity contribution < 1.29 is 18.3 Å². The van der Waals surface area contributed by atoms with Crippen LogP contribution in [0.2, 0.25) is 0 Å². The molecule has 1 aliphatic heterocycles. The van der Waals surface area contributed by atoms with Gasteiger partial charge in [0, 0.05) is 32.2 Å². The molecule has 1 aromatic heterocycles. The Morgan fingerprint density at radius 1 is 1.34 bits per heavy atom. The molecule has 7 heteroatoms. The van der Waals surface area contributed by atoms with Gasteiger partial charge in [-0.2, -0.15) is 0 Å². The number of aryl methyl sites for hydroxylation is 1. The maximum absolute atomic E-state index is 14.0. The first-order valence-corrected chi connectivity index (χ1v) is 10.4. The molecule has 0 atom stereocenters. The Morgan fingerprint density at radius 3 is 2.83 bits per heavy atom. The molecule has 1 aromatic carbocycles. The van der Waals surface area contributed by atoms with Crippen molar-refractivity contribution in [3.8, 4) is 11.5 Å². The quantitative estimate of drug-likeness (QED) is 0.649. The highest BCUT2D eigenvalue weighted by molar-refractivity contribution is 5.78. The van der Waals surface area contributed by atoms with E-state index in [1.165, 1.54) is 6.07 Å². The lowest BCUT2D eigenvalue weighted by atomic mass is 9.95. The number of piperidine rings is 1. The molecule has 0 aliphatic carbocycles. The van der Waals surface area contributed by atoms with Crippen LogP contribution in [0.3, 0.4) is 0 Å². The van der Waals surface area contributed by atoms with Gasteiger partial charge in [-0.3, -0.25) is 9.69 Å². The maximum Gasteiger partial charge on any atom is 0.229 e. The molecule has 6 nitrogen and oxygen atoms in total. The normalized spacial score (nSPS) is 15.6. The highest BCUT2D eigenvalue weighted by Gasteiger charge is 2.26. The van der Waals surface area contributed by atoms with E-state index in [0.29, 0.717) is 43.5 Å². The van der Waals surface area contributed by atoms with Crippen LogP contribution >= 0.6 is 0 Å². The van der Waals surface area contributed by atoms with Crippen molar-refractivity contribution in [2.24, 2.45) is 5.92 Å². The van der Waals surface area contributed by atoms with E-state index >= 15 is 0 Å². The first kappa shape index (κ1) is 21.5. The fourth-order valence-electron chi connectivity index (χ4n) is 3.56. The number of hydrogen-bond donors (Lipinski definition) is 1. The summed E-state index contributed by atoms with van der Waals surface area (Å²) in [7, 11) is 0. The summed E-state index contributed by atoms with van der Waals surface area (Å²) in [6.45, 7) is 8.18. The molecule has 1 amide bonds. The summed E-state index contributed by atoms with van der Waals surface area (Å²) in [5, 5.41) is 3.01. The Morgan fingerprint density at radius 2 is 2.10 bits per heavy atom. The van der Waals surface area contributed by atoms with E-state index < -0.39 is 0 Å². The van der Waals surface area contributed by atoms with Crippen LogP contribution < -0.4 is 5.32 Å². The van der Waals surface area contributed by atoms with Gasteiger partial charge in [-0.1, -0.05) is 12.1 Å². The van der Waals surface area contributed by atoms with E-state index in [1.54, 1.807) is 18.2 Å². The van der Waals surface area contributed by atoms with Gasteiger partial charge in [0.05, 0.1) is 11.3 Å². The average molecular weight is 403 g/mol. The number of benzene rings is 1. The second kappa shape index (κ2) is 10.5. The second-order valence-corrected chi connectivity index (χ2v) is 7.39. The number of rotatable bonds is 9. The van der Waals surface area contributed by atoms with Crippen molar-refractivity contribution in [3.63, 3.8) is 0 Å². The molecule has 2 heterocycles. The maximum atomic E-state index is 14.0. The predicted octanol–water partition coefficient (Wildman–Crippen LogP) is 3.54.